The molecule has 0 saturated heterocycles. The topological polar surface area (TPSA) is 62.6 Å². The number of nitrogens with zero attached hydrogens (tertiary/aromatic N) is 1. The fraction of sp³-hybridized carbons (Fsp3) is 0.444. The first-order chi connectivity index (χ1) is 6.69. The van der Waals surface area contributed by atoms with Gasteiger partial charge in [-0.25, -0.2) is 4.98 Å². The van der Waals surface area contributed by atoms with Crippen molar-refractivity contribution in [2.24, 2.45) is 0 Å². The summed E-state index contributed by atoms with van der Waals surface area (Å²) >= 11 is 3.24. The number of rotatable bonds is 4. The van der Waals surface area contributed by atoms with Crippen LogP contribution in [0.4, 0.5) is 0 Å². The molecule has 0 bridgehead atoms. The van der Waals surface area contributed by atoms with E-state index in [1.807, 2.05) is 6.92 Å². The molecule has 1 rings (SSSR count). The summed E-state index contributed by atoms with van der Waals surface area (Å²) in [4.78, 5) is 4.07. The van der Waals surface area contributed by atoms with Crippen molar-refractivity contribution in [3.05, 3.63) is 21.9 Å². The number of ether oxygens (including phenoxy) is 1. The number of aryl methyl sites for hydroxylation is 1. The lowest BCUT2D eigenvalue weighted by Crippen LogP contribution is -2.05. The number of aromatic nitrogens is 1. The monoisotopic (exact) mass is 261 g/mol. The number of halogens is 1. The zero-order chi connectivity index (χ0) is 10.6. The molecular weight excluding hydrogens is 250 g/mol. The summed E-state index contributed by atoms with van der Waals surface area (Å²) in [5.41, 5.74) is 1.47. The average Bonchev–Trinajstić information content (AvgIpc) is 2.16. The molecule has 0 aliphatic carbocycles. The SMILES string of the molecule is Cc1cc(CO)nc(Br)c1OCCO. The quantitative estimate of drug-likeness (QED) is 0.795. The van der Waals surface area contributed by atoms with Gasteiger partial charge in [-0.3, -0.25) is 0 Å². The Bertz CT molecular complexity index is 294. The molecule has 4 nitrogen and oxygen atoms in total. The largest absolute Gasteiger partial charge is 0.488 e. The molecule has 0 amide bonds. The minimum atomic E-state index is -0.0975. The van der Waals surface area contributed by atoms with Crippen molar-refractivity contribution in [3.8, 4) is 5.75 Å². The maximum absolute atomic E-state index is 8.89. The Morgan fingerprint density at radius 2 is 2.21 bits per heavy atom. The lowest BCUT2D eigenvalue weighted by molar-refractivity contribution is 0.199. The van der Waals surface area contributed by atoms with Crippen LogP contribution in [-0.4, -0.2) is 28.4 Å². The van der Waals surface area contributed by atoms with E-state index in [4.69, 9.17) is 14.9 Å². The molecule has 0 aromatic carbocycles. The van der Waals surface area contributed by atoms with Gasteiger partial charge in [0.05, 0.1) is 18.9 Å². The summed E-state index contributed by atoms with van der Waals surface area (Å²) < 4.78 is 5.83. The third-order valence-electron chi connectivity index (χ3n) is 1.67. The third-order valence-corrected chi connectivity index (χ3v) is 2.21. The molecule has 0 radical (unpaired) electrons. The van der Waals surface area contributed by atoms with Crippen LogP contribution < -0.4 is 4.74 Å². The van der Waals surface area contributed by atoms with Crippen LogP contribution in [-0.2, 0) is 6.61 Å². The maximum Gasteiger partial charge on any atom is 0.155 e. The van der Waals surface area contributed by atoms with Crippen LogP contribution in [0.3, 0.4) is 0 Å². The highest BCUT2D eigenvalue weighted by molar-refractivity contribution is 9.10. The Labute approximate surface area is 90.7 Å². The highest BCUT2D eigenvalue weighted by Crippen LogP contribution is 2.27. The number of aliphatic hydroxyl groups is 2. The van der Waals surface area contributed by atoms with Crippen molar-refractivity contribution < 1.29 is 14.9 Å². The van der Waals surface area contributed by atoms with Gasteiger partial charge in [-0.1, -0.05) is 0 Å². The molecule has 5 heteroatoms. The highest BCUT2D eigenvalue weighted by Gasteiger charge is 2.08. The Morgan fingerprint density at radius 1 is 1.50 bits per heavy atom. The molecule has 78 valence electrons. The fourth-order valence-corrected chi connectivity index (χ4v) is 1.74. The van der Waals surface area contributed by atoms with E-state index in [2.05, 4.69) is 20.9 Å². The number of pyridine rings is 1. The second-order valence-electron chi connectivity index (χ2n) is 2.78. The molecule has 1 aromatic heterocycles. The van der Waals surface area contributed by atoms with Crippen molar-refractivity contribution >= 4 is 15.9 Å². The predicted molar refractivity (Wildman–Crippen MR) is 55.2 cm³/mol. The molecule has 1 aromatic rings. The van der Waals surface area contributed by atoms with Gasteiger partial charge >= 0.3 is 0 Å². The zero-order valence-electron chi connectivity index (χ0n) is 7.83. The summed E-state index contributed by atoms with van der Waals surface area (Å²) in [6.07, 6.45) is 0. The van der Waals surface area contributed by atoms with Crippen LogP contribution >= 0.6 is 15.9 Å². The van der Waals surface area contributed by atoms with Crippen molar-refractivity contribution in [3.63, 3.8) is 0 Å². The number of aliphatic hydroxyl groups excluding tert-OH is 2. The first-order valence-corrected chi connectivity index (χ1v) is 4.99. The van der Waals surface area contributed by atoms with E-state index in [1.165, 1.54) is 0 Å². The standard InChI is InChI=1S/C9H12BrNO3/c1-6-4-7(5-13)11-9(10)8(6)14-3-2-12/h4,12-13H,2-3,5H2,1H3. The Hall–Kier alpha value is -0.650. The molecular formula is C9H12BrNO3. The Morgan fingerprint density at radius 3 is 2.71 bits per heavy atom. The van der Waals surface area contributed by atoms with E-state index < -0.39 is 0 Å². The van der Waals surface area contributed by atoms with Crippen molar-refractivity contribution in [1.82, 2.24) is 4.98 Å². The van der Waals surface area contributed by atoms with Gasteiger partial charge in [-0.15, -0.1) is 0 Å². The fourth-order valence-electron chi connectivity index (χ4n) is 1.09. The minimum Gasteiger partial charge on any atom is -0.488 e. The van der Waals surface area contributed by atoms with Gasteiger partial charge in [-0.05, 0) is 34.5 Å². The van der Waals surface area contributed by atoms with E-state index >= 15 is 0 Å². The normalized spacial score (nSPS) is 10.3. The molecule has 2 N–H and O–H groups in total. The van der Waals surface area contributed by atoms with Gasteiger partial charge in [0.2, 0.25) is 0 Å². The first-order valence-electron chi connectivity index (χ1n) is 4.19. The lowest BCUT2D eigenvalue weighted by atomic mass is 10.2. The third kappa shape index (κ3) is 2.67. The van der Waals surface area contributed by atoms with Gasteiger partial charge in [0.15, 0.2) is 5.75 Å². The second kappa shape index (κ2) is 5.29. The van der Waals surface area contributed by atoms with Crippen LogP contribution in [0.2, 0.25) is 0 Å². The number of hydrogen-bond acceptors (Lipinski definition) is 4. The molecule has 0 aliphatic heterocycles. The van der Waals surface area contributed by atoms with Crippen molar-refractivity contribution in [2.45, 2.75) is 13.5 Å². The van der Waals surface area contributed by atoms with Gasteiger partial charge in [0, 0.05) is 0 Å². The maximum atomic E-state index is 8.89. The van der Waals surface area contributed by atoms with Crippen LogP contribution in [0, 0.1) is 6.92 Å². The molecule has 0 fully saturated rings. The highest BCUT2D eigenvalue weighted by atomic mass is 79.9. The van der Waals surface area contributed by atoms with Crippen LogP contribution in [0.15, 0.2) is 10.7 Å². The van der Waals surface area contributed by atoms with Crippen LogP contribution in [0.5, 0.6) is 5.75 Å². The van der Waals surface area contributed by atoms with Gasteiger partial charge in [-0.2, -0.15) is 0 Å². The van der Waals surface area contributed by atoms with E-state index in [9.17, 15) is 0 Å². The molecule has 0 aliphatic rings. The number of hydrogen-bond donors (Lipinski definition) is 2. The van der Waals surface area contributed by atoms with Crippen molar-refractivity contribution in [1.29, 1.82) is 0 Å². The molecule has 14 heavy (non-hydrogen) atoms. The molecule has 1 heterocycles. The summed E-state index contributed by atoms with van der Waals surface area (Å²) in [5.74, 6) is 0.608. The second-order valence-corrected chi connectivity index (χ2v) is 3.53. The van der Waals surface area contributed by atoms with E-state index in [0.717, 1.165) is 5.56 Å². The minimum absolute atomic E-state index is 0.0341. The molecule has 0 saturated carbocycles. The Kier molecular flexibility index (Phi) is 4.31. The average molecular weight is 262 g/mol. The Balaban J connectivity index is 2.93. The molecule has 0 atom stereocenters. The summed E-state index contributed by atoms with van der Waals surface area (Å²) in [5, 5.41) is 17.5. The van der Waals surface area contributed by atoms with Gasteiger partial charge < -0.3 is 14.9 Å². The smallest absolute Gasteiger partial charge is 0.155 e. The van der Waals surface area contributed by atoms with E-state index in [0.29, 0.717) is 16.0 Å². The van der Waals surface area contributed by atoms with Gasteiger partial charge in [0.1, 0.15) is 11.2 Å². The van der Waals surface area contributed by atoms with Crippen LogP contribution in [0.25, 0.3) is 0 Å². The summed E-state index contributed by atoms with van der Waals surface area (Å²) in [6.45, 7) is 1.96. The predicted octanol–water partition coefficient (Wildman–Crippen LogP) is 1.02. The zero-order valence-corrected chi connectivity index (χ0v) is 9.41. The van der Waals surface area contributed by atoms with E-state index in [-0.39, 0.29) is 19.8 Å². The van der Waals surface area contributed by atoms with E-state index in [1.54, 1.807) is 6.07 Å². The molecule has 0 unspecified atom stereocenters. The van der Waals surface area contributed by atoms with Crippen LogP contribution in [0.1, 0.15) is 11.3 Å². The summed E-state index contributed by atoms with van der Waals surface area (Å²) in [6, 6.07) is 1.75. The van der Waals surface area contributed by atoms with Gasteiger partial charge in [0.25, 0.3) is 0 Å². The lowest BCUT2D eigenvalue weighted by Gasteiger charge is -2.10. The van der Waals surface area contributed by atoms with Crippen molar-refractivity contribution in [2.75, 3.05) is 13.2 Å². The molecule has 0 spiro atoms. The first kappa shape index (κ1) is 11.4. The summed E-state index contributed by atoms with van der Waals surface area (Å²) in [7, 11) is 0.